The zero-order valence-electron chi connectivity index (χ0n) is 12.9. The van der Waals surface area contributed by atoms with E-state index in [1.165, 1.54) is 11.3 Å². The van der Waals surface area contributed by atoms with Crippen molar-refractivity contribution in [3.8, 4) is 0 Å². The van der Waals surface area contributed by atoms with E-state index in [4.69, 9.17) is 0 Å². The maximum Gasteiger partial charge on any atom is 0.0443 e. The van der Waals surface area contributed by atoms with Crippen LogP contribution in [0.1, 0.15) is 52.0 Å². The summed E-state index contributed by atoms with van der Waals surface area (Å²) in [4.78, 5) is 4.26. The third-order valence-electron chi connectivity index (χ3n) is 4.22. The van der Waals surface area contributed by atoms with Crippen molar-refractivity contribution in [2.75, 3.05) is 13.1 Å². The van der Waals surface area contributed by atoms with Crippen LogP contribution in [0.4, 0.5) is 0 Å². The quantitative estimate of drug-likeness (QED) is 0.899. The average Bonchev–Trinajstić information content (AvgIpc) is 2.82. The molecule has 1 aromatic heterocycles. The fourth-order valence-electron chi connectivity index (χ4n) is 3.17. The predicted octanol–water partition coefficient (Wildman–Crippen LogP) is 3.91. The monoisotopic (exact) mass is 280 g/mol. The van der Waals surface area contributed by atoms with E-state index in [1.54, 1.807) is 0 Å². The number of nitrogens with one attached hydrogen (secondary N) is 1. The normalized spacial score (nSPS) is 25.7. The third-order valence-corrected chi connectivity index (χ3v) is 5.20. The number of hydrogen-bond acceptors (Lipinski definition) is 3. The van der Waals surface area contributed by atoms with Crippen LogP contribution in [-0.4, -0.2) is 29.6 Å². The summed E-state index contributed by atoms with van der Waals surface area (Å²) < 4.78 is 0. The summed E-state index contributed by atoms with van der Waals surface area (Å²) in [5, 5.41) is 5.91. The van der Waals surface area contributed by atoms with Crippen molar-refractivity contribution in [1.29, 1.82) is 0 Å². The van der Waals surface area contributed by atoms with Gasteiger partial charge in [-0.1, -0.05) is 26.8 Å². The van der Waals surface area contributed by atoms with Crippen molar-refractivity contribution in [3.63, 3.8) is 0 Å². The van der Waals surface area contributed by atoms with Crippen LogP contribution in [0.25, 0.3) is 0 Å². The molecule has 0 amide bonds. The SMILES string of the molecule is CCC(c1cccs1)N1CC(C)(C)NCC1C(C)C. The van der Waals surface area contributed by atoms with E-state index in [2.05, 4.69) is 62.3 Å². The topological polar surface area (TPSA) is 15.3 Å². The summed E-state index contributed by atoms with van der Waals surface area (Å²) in [5.74, 6) is 0.692. The Kier molecular flexibility index (Phi) is 4.70. The number of nitrogens with zero attached hydrogens (tertiary/aromatic N) is 1. The highest BCUT2D eigenvalue weighted by Crippen LogP contribution is 2.34. The molecule has 2 rings (SSSR count). The van der Waals surface area contributed by atoms with Crippen molar-refractivity contribution in [2.24, 2.45) is 5.92 Å². The van der Waals surface area contributed by atoms with Crippen molar-refractivity contribution in [1.82, 2.24) is 10.2 Å². The summed E-state index contributed by atoms with van der Waals surface area (Å²) in [6, 6.07) is 5.69. The number of thiophene rings is 1. The average molecular weight is 280 g/mol. The summed E-state index contributed by atoms with van der Waals surface area (Å²) >= 11 is 1.90. The Morgan fingerprint density at radius 3 is 2.74 bits per heavy atom. The molecule has 1 aliphatic rings. The van der Waals surface area contributed by atoms with E-state index in [-0.39, 0.29) is 5.54 Å². The lowest BCUT2D eigenvalue weighted by Gasteiger charge is -2.49. The second kappa shape index (κ2) is 5.94. The van der Waals surface area contributed by atoms with Gasteiger partial charge in [-0.15, -0.1) is 11.3 Å². The van der Waals surface area contributed by atoms with E-state index < -0.39 is 0 Å². The maximum absolute atomic E-state index is 3.71. The molecule has 1 aromatic rings. The van der Waals surface area contributed by atoms with Crippen LogP contribution in [0.5, 0.6) is 0 Å². The highest BCUT2D eigenvalue weighted by molar-refractivity contribution is 7.10. The minimum Gasteiger partial charge on any atom is -0.309 e. The molecule has 0 spiro atoms. The molecule has 1 fully saturated rings. The van der Waals surface area contributed by atoms with Crippen molar-refractivity contribution in [2.45, 2.75) is 58.7 Å². The summed E-state index contributed by atoms with van der Waals surface area (Å²) in [6.07, 6.45) is 1.19. The van der Waals surface area contributed by atoms with Gasteiger partial charge in [0.2, 0.25) is 0 Å². The predicted molar refractivity (Wildman–Crippen MR) is 84.8 cm³/mol. The molecule has 0 aromatic carbocycles. The Balaban J connectivity index is 2.25. The molecule has 19 heavy (non-hydrogen) atoms. The molecule has 2 nitrogen and oxygen atoms in total. The van der Waals surface area contributed by atoms with Crippen molar-refractivity contribution < 1.29 is 0 Å². The number of piperazine rings is 1. The van der Waals surface area contributed by atoms with Gasteiger partial charge in [0.25, 0.3) is 0 Å². The van der Waals surface area contributed by atoms with E-state index in [0.717, 1.165) is 13.1 Å². The van der Waals surface area contributed by atoms with Gasteiger partial charge in [0.15, 0.2) is 0 Å². The first-order chi connectivity index (χ1) is 8.94. The highest BCUT2D eigenvalue weighted by Gasteiger charge is 2.37. The molecule has 0 aliphatic carbocycles. The van der Waals surface area contributed by atoms with Gasteiger partial charge in [0, 0.05) is 35.6 Å². The second-order valence-corrected chi connectivity index (χ2v) is 7.67. The van der Waals surface area contributed by atoms with E-state index in [9.17, 15) is 0 Å². The highest BCUT2D eigenvalue weighted by atomic mass is 32.1. The zero-order chi connectivity index (χ0) is 14.0. The minimum absolute atomic E-state index is 0.218. The second-order valence-electron chi connectivity index (χ2n) is 6.69. The first kappa shape index (κ1) is 15.0. The van der Waals surface area contributed by atoms with E-state index in [1.807, 2.05) is 11.3 Å². The van der Waals surface area contributed by atoms with Gasteiger partial charge in [0.05, 0.1) is 0 Å². The Labute approximate surface area is 122 Å². The molecule has 108 valence electrons. The Morgan fingerprint density at radius 1 is 1.47 bits per heavy atom. The Bertz CT molecular complexity index is 383. The standard InChI is InChI=1S/C16H28N2S/c1-6-13(15-8-7-9-19-15)18-11-16(4,5)17-10-14(18)12(2)3/h7-9,12-14,17H,6,10-11H2,1-5H3. The molecule has 3 heteroatoms. The molecule has 0 bridgehead atoms. The fourth-order valence-corrected chi connectivity index (χ4v) is 4.10. The molecule has 2 heterocycles. The minimum atomic E-state index is 0.218. The first-order valence-electron chi connectivity index (χ1n) is 7.49. The van der Waals surface area contributed by atoms with E-state index >= 15 is 0 Å². The smallest absolute Gasteiger partial charge is 0.0443 e. The lowest BCUT2D eigenvalue weighted by atomic mass is 9.90. The van der Waals surface area contributed by atoms with Crippen molar-refractivity contribution >= 4 is 11.3 Å². The lowest BCUT2D eigenvalue weighted by Crippen LogP contribution is -2.63. The van der Waals surface area contributed by atoms with Crippen molar-refractivity contribution in [3.05, 3.63) is 22.4 Å². The van der Waals surface area contributed by atoms with Gasteiger partial charge in [-0.05, 0) is 37.6 Å². The molecule has 1 aliphatic heterocycles. The van der Waals surface area contributed by atoms with Crippen LogP contribution < -0.4 is 5.32 Å². The van der Waals surface area contributed by atoms with Crippen LogP contribution in [-0.2, 0) is 0 Å². The van der Waals surface area contributed by atoms with Crippen LogP contribution >= 0.6 is 11.3 Å². The van der Waals surface area contributed by atoms with Gasteiger partial charge < -0.3 is 5.32 Å². The Hall–Kier alpha value is -0.380. The molecule has 1 N–H and O–H groups in total. The molecule has 2 unspecified atom stereocenters. The number of hydrogen-bond donors (Lipinski definition) is 1. The maximum atomic E-state index is 3.71. The number of rotatable bonds is 4. The molecular formula is C16H28N2S. The van der Waals surface area contributed by atoms with Crippen LogP contribution in [0.15, 0.2) is 17.5 Å². The zero-order valence-corrected chi connectivity index (χ0v) is 13.8. The molecular weight excluding hydrogens is 252 g/mol. The van der Waals surface area contributed by atoms with E-state index in [0.29, 0.717) is 18.0 Å². The largest absolute Gasteiger partial charge is 0.309 e. The van der Waals surface area contributed by atoms with Gasteiger partial charge in [-0.3, -0.25) is 4.90 Å². The molecule has 2 atom stereocenters. The first-order valence-corrected chi connectivity index (χ1v) is 8.36. The van der Waals surface area contributed by atoms with Crippen LogP contribution in [0, 0.1) is 5.92 Å². The Morgan fingerprint density at radius 2 is 2.21 bits per heavy atom. The van der Waals surface area contributed by atoms with Gasteiger partial charge >= 0.3 is 0 Å². The van der Waals surface area contributed by atoms with Gasteiger partial charge in [-0.2, -0.15) is 0 Å². The summed E-state index contributed by atoms with van der Waals surface area (Å²) in [7, 11) is 0. The third kappa shape index (κ3) is 3.39. The van der Waals surface area contributed by atoms with Crippen LogP contribution in [0.2, 0.25) is 0 Å². The van der Waals surface area contributed by atoms with Gasteiger partial charge in [-0.25, -0.2) is 0 Å². The molecule has 0 saturated carbocycles. The lowest BCUT2D eigenvalue weighted by molar-refractivity contribution is 0.0305. The fraction of sp³-hybridized carbons (Fsp3) is 0.750. The van der Waals surface area contributed by atoms with Gasteiger partial charge in [0.1, 0.15) is 0 Å². The molecule has 0 radical (unpaired) electrons. The summed E-state index contributed by atoms with van der Waals surface area (Å²) in [6.45, 7) is 13.9. The van der Waals surface area contributed by atoms with Crippen LogP contribution in [0.3, 0.4) is 0 Å². The molecule has 1 saturated heterocycles. The summed E-state index contributed by atoms with van der Waals surface area (Å²) in [5.41, 5.74) is 0.218.